The maximum Gasteiger partial charge on any atom is 0.255 e. The predicted molar refractivity (Wildman–Crippen MR) is 144 cm³/mol. The lowest BCUT2D eigenvalue weighted by molar-refractivity contribution is -0.0482. The van der Waals surface area contributed by atoms with Gasteiger partial charge in [0.05, 0.1) is 22.9 Å². The van der Waals surface area contributed by atoms with Crippen LogP contribution in [0, 0.1) is 0 Å². The van der Waals surface area contributed by atoms with Gasteiger partial charge in [0.2, 0.25) is 0 Å². The second-order valence-corrected chi connectivity index (χ2v) is 11.0. The van der Waals surface area contributed by atoms with Crippen LogP contribution in [0.2, 0.25) is 0 Å². The molecule has 4 nitrogen and oxygen atoms in total. The first-order valence-electron chi connectivity index (χ1n) is 12.5. The highest BCUT2D eigenvalue weighted by atomic mass is 16.3. The molecule has 0 saturated heterocycles. The van der Waals surface area contributed by atoms with Crippen LogP contribution < -0.4 is 0 Å². The Morgan fingerprint density at radius 1 is 0.800 bits per heavy atom. The number of pyridine rings is 1. The first-order valence-corrected chi connectivity index (χ1v) is 12.5. The third-order valence-corrected chi connectivity index (χ3v) is 6.74. The van der Waals surface area contributed by atoms with Crippen molar-refractivity contribution in [3.05, 3.63) is 101 Å². The van der Waals surface area contributed by atoms with Crippen molar-refractivity contribution in [2.24, 2.45) is 0 Å². The fraction of sp³-hybridized carbons (Fsp3) is 0.419. The molecule has 0 aliphatic heterocycles. The molecule has 186 valence electrons. The first-order chi connectivity index (χ1) is 16.4. The summed E-state index contributed by atoms with van der Waals surface area (Å²) in [5, 5.41) is 11.5. The number of benzene rings is 2. The molecule has 35 heavy (non-hydrogen) atoms. The van der Waals surface area contributed by atoms with Gasteiger partial charge < -0.3 is 10.0 Å². The number of aromatic nitrogens is 1. The third-order valence-electron chi connectivity index (χ3n) is 6.74. The summed E-state index contributed by atoms with van der Waals surface area (Å²) in [6.45, 7) is 16.1. The number of rotatable bonds is 8. The Bertz CT molecular complexity index is 1100. The van der Waals surface area contributed by atoms with Crippen LogP contribution in [-0.4, -0.2) is 26.5 Å². The zero-order chi connectivity index (χ0) is 26.0. The number of amides is 1. The van der Waals surface area contributed by atoms with Gasteiger partial charge in [0.1, 0.15) is 0 Å². The van der Waals surface area contributed by atoms with Gasteiger partial charge in [-0.1, -0.05) is 82.3 Å². The lowest BCUT2D eigenvalue weighted by Crippen LogP contribution is -2.54. The molecule has 0 aliphatic rings. The smallest absolute Gasteiger partial charge is 0.255 e. The van der Waals surface area contributed by atoms with Crippen LogP contribution >= 0.6 is 0 Å². The van der Waals surface area contributed by atoms with Crippen LogP contribution in [0.15, 0.2) is 72.9 Å². The van der Waals surface area contributed by atoms with Gasteiger partial charge in [0.25, 0.3) is 5.91 Å². The molecule has 3 aromatic rings. The maximum atomic E-state index is 14.9. The molecule has 2 aromatic carbocycles. The molecule has 1 N–H and O–H groups in total. The van der Waals surface area contributed by atoms with E-state index in [9.17, 15) is 9.90 Å². The summed E-state index contributed by atoms with van der Waals surface area (Å²) in [4.78, 5) is 21.4. The molecule has 0 saturated carbocycles. The molecule has 0 fully saturated rings. The Morgan fingerprint density at radius 2 is 1.34 bits per heavy atom. The van der Waals surface area contributed by atoms with Gasteiger partial charge in [-0.05, 0) is 68.4 Å². The van der Waals surface area contributed by atoms with Gasteiger partial charge in [-0.25, -0.2) is 0 Å². The predicted octanol–water partition coefficient (Wildman–Crippen LogP) is 7.22. The average Bonchev–Trinajstić information content (AvgIpc) is 2.81. The number of aliphatic hydroxyl groups is 1. The normalized spacial score (nSPS) is 13.2. The Labute approximate surface area is 211 Å². The summed E-state index contributed by atoms with van der Waals surface area (Å²) < 4.78 is 0. The second kappa shape index (κ2) is 10.3. The van der Waals surface area contributed by atoms with Crippen molar-refractivity contribution in [1.29, 1.82) is 0 Å². The number of hydrogen-bond acceptors (Lipinski definition) is 3. The third kappa shape index (κ3) is 5.48. The van der Waals surface area contributed by atoms with E-state index in [0.717, 1.165) is 27.9 Å². The fourth-order valence-electron chi connectivity index (χ4n) is 4.97. The molecular weight excluding hydrogens is 432 g/mol. The maximum absolute atomic E-state index is 14.9. The van der Waals surface area contributed by atoms with E-state index in [1.54, 1.807) is 20.0 Å². The van der Waals surface area contributed by atoms with Crippen LogP contribution in [0.3, 0.4) is 0 Å². The number of carbonyl (C=O) groups is 1. The first kappa shape index (κ1) is 26.6. The van der Waals surface area contributed by atoms with Gasteiger partial charge in [0.15, 0.2) is 0 Å². The van der Waals surface area contributed by atoms with Crippen LogP contribution in [0.5, 0.6) is 0 Å². The highest BCUT2D eigenvalue weighted by Crippen LogP contribution is 2.43. The quantitative estimate of drug-likeness (QED) is 0.377. The SMILES string of the molecule is CC(C)c1cccc(C(C)C)c1C(=O)N(C(c1ccccc1)C(C)(C)O)C(C)(C)c1ccccn1. The summed E-state index contributed by atoms with van der Waals surface area (Å²) in [6.07, 6.45) is 1.75. The van der Waals surface area contributed by atoms with Crippen LogP contribution in [0.4, 0.5) is 0 Å². The summed E-state index contributed by atoms with van der Waals surface area (Å²) in [6, 6.07) is 21.1. The summed E-state index contributed by atoms with van der Waals surface area (Å²) >= 11 is 0. The van der Waals surface area contributed by atoms with Crippen LogP contribution in [0.25, 0.3) is 0 Å². The fourth-order valence-corrected chi connectivity index (χ4v) is 4.97. The van der Waals surface area contributed by atoms with E-state index in [1.165, 1.54) is 0 Å². The summed E-state index contributed by atoms with van der Waals surface area (Å²) in [5.74, 6) is 0.249. The lowest BCUT2D eigenvalue weighted by atomic mass is 9.82. The van der Waals surface area contributed by atoms with Crippen LogP contribution in [-0.2, 0) is 5.54 Å². The van der Waals surface area contributed by atoms with E-state index in [4.69, 9.17) is 0 Å². The molecule has 0 aliphatic carbocycles. The average molecular weight is 473 g/mol. The molecular formula is C31H40N2O2. The zero-order valence-electron chi connectivity index (χ0n) is 22.4. The Hall–Kier alpha value is -2.98. The van der Waals surface area contributed by atoms with E-state index in [2.05, 4.69) is 44.8 Å². The minimum atomic E-state index is -1.21. The molecule has 1 unspecified atom stereocenters. The molecule has 0 spiro atoms. The molecule has 1 heterocycles. The second-order valence-electron chi connectivity index (χ2n) is 11.0. The molecule has 4 heteroatoms. The van der Waals surface area contributed by atoms with Gasteiger partial charge in [-0.2, -0.15) is 0 Å². The molecule has 0 radical (unpaired) electrons. The highest BCUT2D eigenvalue weighted by molar-refractivity contribution is 5.98. The summed E-state index contributed by atoms with van der Waals surface area (Å²) in [5.41, 5.74) is 2.39. The standard InChI is InChI=1S/C31H40N2O2/c1-21(2)24-17-14-18-25(22(3)4)27(24)29(34)33(30(5,6)26-19-12-13-20-32-26)28(31(7,8)35)23-15-10-9-11-16-23/h9-22,28,35H,1-8H3. The topological polar surface area (TPSA) is 53.4 Å². The monoisotopic (exact) mass is 472 g/mol. The minimum Gasteiger partial charge on any atom is -0.388 e. The number of nitrogens with zero attached hydrogens (tertiary/aromatic N) is 2. The van der Waals surface area contributed by atoms with E-state index in [-0.39, 0.29) is 17.7 Å². The van der Waals surface area contributed by atoms with E-state index < -0.39 is 17.2 Å². The van der Waals surface area contributed by atoms with Crippen molar-refractivity contribution in [2.75, 3.05) is 0 Å². The van der Waals surface area contributed by atoms with E-state index in [0.29, 0.717) is 0 Å². The number of carbonyl (C=O) groups excluding carboxylic acids is 1. The highest BCUT2D eigenvalue weighted by Gasteiger charge is 2.46. The van der Waals surface area contributed by atoms with Crippen molar-refractivity contribution < 1.29 is 9.90 Å². The van der Waals surface area contributed by atoms with E-state index in [1.807, 2.05) is 73.3 Å². The minimum absolute atomic E-state index is 0.0929. The largest absolute Gasteiger partial charge is 0.388 e. The van der Waals surface area contributed by atoms with Gasteiger partial charge in [-0.15, -0.1) is 0 Å². The van der Waals surface area contributed by atoms with Crippen molar-refractivity contribution in [3.63, 3.8) is 0 Å². The van der Waals surface area contributed by atoms with E-state index >= 15 is 0 Å². The van der Waals surface area contributed by atoms with Crippen molar-refractivity contribution >= 4 is 5.91 Å². The Morgan fingerprint density at radius 3 is 1.80 bits per heavy atom. The number of hydrogen-bond donors (Lipinski definition) is 1. The lowest BCUT2D eigenvalue weighted by Gasteiger charge is -2.48. The Kier molecular flexibility index (Phi) is 7.86. The van der Waals surface area contributed by atoms with Gasteiger partial charge in [-0.3, -0.25) is 9.78 Å². The molecule has 1 atom stereocenters. The van der Waals surface area contributed by atoms with Crippen LogP contribution in [0.1, 0.15) is 106 Å². The Balaban J connectivity index is 2.37. The molecule has 1 aromatic heterocycles. The zero-order valence-corrected chi connectivity index (χ0v) is 22.4. The molecule has 0 bridgehead atoms. The van der Waals surface area contributed by atoms with Gasteiger partial charge >= 0.3 is 0 Å². The molecule has 3 rings (SSSR count). The van der Waals surface area contributed by atoms with Crippen molar-refractivity contribution in [3.8, 4) is 0 Å². The van der Waals surface area contributed by atoms with Gasteiger partial charge in [0, 0.05) is 11.8 Å². The van der Waals surface area contributed by atoms with Crippen molar-refractivity contribution in [1.82, 2.24) is 9.88 Å². The van der Waals surface area contributed by atoms with Crippen molar-refractivity contribution in [2.45, 2.75) is 84.4 Å². The summed E-state index contributed by atoms with van der Waals surface area (Å²) in [7, 11) is 0. The molecule has 1 amide bonds.